The van der Waals surface area contributed by atoms with Crippen molar-refractivity contribution in [1.29, 1.82) is 5.26 Å². The third-order valence-electron chi connectivity index (χ3n) is 1.60. The number of nitriles is 1. The van der Waals surface area contributed by atoms with E-state index in [4.69, 9.17) is 15.5 Å². The Bertz CT molecular complexity index is 122. The van der Waals surface area contributed by atoms with Gasteiger partial charge in [-0.2, -0.15) is 5.26 Å². The van der Waals surface area contributed by atoms with Gasteiger partial charge < -0.3 is 10.2 Å². The first-order chi connectivity index (χ1) is 4.68. The third-order valence-corrected chi connectivity index (χ3v) is 1.60. The van der Waals surface area contributed by atoms with Crippen LogP contribution in [-0.2, 0) is 0 Å². The molecule has 0 rings (SSSR count). The van der Waals surface area contributed by atoms with E-state index in [0.717, 1.165) is 0 Å². The first-order valence-electron chi connectivity index (χ1n) is 3.31. The van der Waals surface area contributed by atoms with Crippen molar-refractivity contribution in [3.8, 4) is 6.07 Å². The summed E-state index contributed by atoms with van der Waals surface area (Å²) in [6.45, 7) is 1.74. The van der Waals surface area contributed by atoms with Gasteiger partial charge in [-0.1, -0.05) is 0 Å². The van der Waals surface area contributed by atoms with Crippen LogP contribution >= 0.6 is 0 Å². The molecule has 0 atom stereocenters. The molecule has 0 aromatic rings. The first-order valence-corrected chi connectivity index (χ1v) is 3.31. The molecule has 0 aliphatic rings. The summed E-state index contributed by atoms with van der Waals surface area (Å²) in [6.07, 6.45) is 0.869. The second-order valence-corrected chi connectivity index (χ2v) is 2.62. The SMILES string of the molecule is CC(C#N)(CCO)CCO. The minimum atomic E-state index is -0.552. The van der Waals surface area contributed by atoms with E-state index in [0.29, 0.717) is 12.8 Å². The van der Waals surface area contributed by atoms with Gasteiger partial charge in [0.1, 0.15) is 0 Å². The Morgan fingerprint density at radius 1 is 1.30 bits per heavy atom. The Labute approximate surface area is 60.9 Å². The van der Waals surface area contributed by atoms with Gasteiger partial charge in [-0.05, 0) is 19.8 Å². The highest BCUT2D eigenvalue weighted by molar-refractivity contribution is 4.94. The Morgan fingerprint density at radius 3 is 1.90 bits per heavy atom. The molecule has 0 aliphatic heterocycles. The topological polar surface area (TPSA) is 64.2 Å². The highest BCUT2D eigenvalue weighted by atomic mass is 16.3. The van der Waals surface area contributed by atoms with E-state index in [2.05, 4.69) is 6.07 Å². The summed E-state index contributed by atoms with van der Waals surface area (Å²) in [6, 6.07) is 2.06. The highest BCUT2D eigenvalue weighted by Crippen LogP contribution is 2.23. The molecule has 0 fully saturated rings. The Kier molecular flexibility index (Phi) is 4.01. The van der Waals surface area contributed by atoms with E-state index in [1.807, 2.05) is 0 Å². The summed E-state index contributed by atoms with van der Waals surface area (Å²) in [5.41, 5.74) is -0.552. The van der Waals surface area contributed by atoms with Crippen LogP contribution in [0.3, 0.4) is 0 Å². The van der Waals surface area contributed by atoms with Crippen molar-refractivity contribution < 1.29 is 10.2 Å². The summed E-state index contributed by atoms with van der Waals surface area (Å²) in [5.74, 6) is 0. The van der Waals surface area contributed by atoms with Gasteiger partial charge in [0.15, 0.2) is 0 Å². The normalized spacial score (nSPS) is 11.0. The van der Waals surface area contributed by atoms with Gasteiger partial charge in [0, 0.05) is 13.2 Å². The van der Waals surface area contributed by atoms with Gasteiger partial charge in [-0.3, -0.25) is 0 Å². The Morgan fingerprint density at radius 2 is 1.70 bits per heavy atom. The molecule has 0 spiro atoms. The number of rotatable bonds is 4. The number of aliphatic hydroxyl groups is 2. The summed E-state index contributed by atoms with van der Waals surface area (Å²) < 4.78 is 0. The van der Waals surface area contributed by atoms with Gasteiger partial charge >= 0.3 is 0 Å². The maximum Gasteiger partial charge on any atom is 0.0688 e. The molecule has 3 heteroatoms. The van der Waals surface area contributed by atoms with Crippen LogP contribution in [0, 0.1) is 16.7 Å². The van der Waals surface area contributed by atoms with E-state index in [-0.39, 0.29) is 13.2 Å². The quantitative estimate of drug-likeness (QED) is 0.594. The minimum Gasteiger partial charge on any atom is -0.396 e. The van der Waals surface area contributed by atoms with Crippen LogP contribution in [0.2, 0.25) is 0 Å². The fourth-order valence-electron chi connectivity index (χ4n) is 0.730. The summed E-state index contributed by atoms with van der Waals surface area (Å²) in [5, 5.41) is 25.6. The third kappa shape index (κ3) is 2.81. The van der Waals surface area contributed by atoms with Crippen LogP contribution in [0.15, 0.2) is 0 Å². The maximum absolute atomic E-state index is 8.58. The fourth-order valence-corrected chi connectivity index (χ4v) is 0.730. The Hall–Kier alpha value is -0.590. The molecule has 0 saturated heterocycles. The predicted octanol–water partition coefficient (Wildman–Crippen LogP) is 0.281. The van der Waals surface area contributed by atoms with Gasteiger partial charge in [-0.25, -0.2) is 0 Å². The molecule has 2 N–H and O–H groups in total. The van der Waals surface area contributed by atoms with E-state index in [1.54, 1.807) is 6.92 Å². The van der Waals surface area contributed by atoms with Gasteiger partial charge in [0.05, 0.1) is 11.5 Å². The molecule has 0 amide bonds. The monoisotopic (exact) mass is 143 g/mol. The maximum atomic E-state index is 8.58. The van der Waals surface area contributed by atoms with Crippen LogP contribution in [-0.4, -0.2) is 23.4 Å². The zero-order valence-corrected chi connectivity index (χ0v) is 6.17. The predicted molar refractivity (Wildman–Crippen MR) is 37.1 cm³/mol. The van der Waals surface area contributed by atoms with Crippen molar-refractivity contribution in [1.82, 2.24) is 0 Å². The van der Waals surface area contributed by atoms with E-state index < -0.39 is 5.41 Å². The van der Waals surface area contributed by atoms with E-state index in [1.165, 1.54) is 0 Å². The fraction of sp³-hybridized carbons (Fsp3) is 0.857. The number of nitrogens with zero attached hydrogens (tertiary/aromatic N) is 1. The molecule has 0 unspecified atom stereocenters. The van der Waals surface area contributed by atoms with Crippen LogP contribution < -0.4 is 0 Å². The molecule has 0 radical (unpaired) electrons. The molecule has 0 saturated carbocycles. The molecule has 0 bridgehead atoms. The number of hydrogen-bond acceptors (Lipinski definition) is 3. The second kappa shape index (κ2) is 4.26. The molecule has 0 heterocycles. The van der Waals surface area contributed by atoms with Crippen molar-refractivity contribution in [2.24, 2.45) is 5.41 Å². The second-order valence-electron chi connectivity index (χ2n) is 2.62. The molecule has 58 valence electrons. The molecule has 0 aromatic heterocycles. The van der Waals surface area contributed by atoms with Gasteiger partial charge in [0.2, 0.25) is 0 Å². The molecule has 3 nitrogen and oxygen atoms in total. The van der Waals surface area contributed by atoms with Crippen LogP contribution in [0.25, 0.3) is 0 Å². The number of aliphatic hydroxyl groups excluding tert-OH is 2. The average Bonchev–Trinajstić information content (AvgIpc) is 1.89. The zero-order valence-electron chi connectivity index (χ0n) is 6.17. The minimum absolute atomic E-state index is 0.00403. The van der Waals surface area contributed by atoms with Crippen molar-refractivity contribution in [2.75, 3.05) is 13.2 Å². The van der Waals surface area contributed by atoms with Crippen molar-refractivity contribution >= 4 is 0 Å². The van der Waals surface area contributed by atoms with Crippen LogP contribution in [0.1, 0.15) is 19.8 Å². The first kappa shape index (κ1) is 9.41. The smallest absolute Gasteiger partial charge is 0.0688 e. The summed E-state index contributed by atoms with van der Waals surface area (Å²) in [4.78, 5) is 0. The van der Waals surface area contributed by atoms with Gasteiger partial charge in [-0.15, -0.1) is 0 Å². The van der Waals surface area contributed by atoms with Crippen molar-refractivity contribution in [2.45, 2.75) is 19.8 Å². The van der Waals surface area contributed by atoms with Crippen molar-refractivity contribution in [3.63, 3.8) is 0 Å². The molecular formula is C7H13NO2. The molecular weight excluding hydrogens is 130 g/mol. The van der Waals surface area contributed by atoms with Crippen LogP contribution in [0.4, 0.5) is 0 Å². The highest BCUT2D eigenvalue weighted by Gasteiger charge is 2.21. The molecule has 10 heavy (non-hydrogen) atoms. The summed E-state index contributed by atoms with van der Waals surface area (Å²) >= 11 is 0. The zero-order chi connectivity index (χ0) is 8.04. The molecule has 0 aromatic carbocycles. The van der Waals surface area contributed by atoms with E-state index >= 15 is 0 Å². The van der Waals surface area contributed by atoms with Crippen LogP contribution in [0.5, 0.6) is 0 Å². The lowest BCUT2D eigenvalue weighted by Gasteiger charge is -2.17. The Balaban J connectivity index is 3.85. The average molecular weight is 143 g/mol. The largest absolute Gasteiger partial charge is 0.396 e. The summed E-state index contributed by atoms with van der Waals surface area (Å²) in [7, 11) is 0. The van der Waals surface area contributed by atoms with Crippen molar-refractivity contribution in [3.05, 3.63) is 0 Å². The molecule has 0 aliphatic carbocycles. The lowest BCUT2D eigenvalue weighted by atomic mass is 9.86. The number of hydrogen-bond donors (Lipinski definition) is 2. The lowest BCUT2D eigenvalue weighted by molar-refractivity contribution is 0.189. The van der Waals surface area contributed by atoms with Gasteiger partial charge in [0.25, 0.3) is 0 Å². The van der Waals surface area contributed by atoms with E-state index in [9.17, 15) is 0 Å². The standard InChI is InChI=1S/C7H13NO2/c1-7(6-8,2-4-9)3-5-10/h9-10H,2-5H2,1H3. The lowest BCUT2D eigenvalue weighted by Crippen LogP contribution is -2.17.